The SMILES string of the molecule is CCCCN(C)[C@H]1C[C@@H](C)O[C@@H](O[C@@H]2[C@@H](C)C(=O)[C@@H](C)C(=O)O[C@H](CC)[C@@](C)(O)[C@H](O)[C@@H](C)C(=O)[C@H](C)C[C@@]2(C)OC)[C@@H]1O. The molecule has 3 N–H and O–H groups in total. The predicted molar refractivity (Wildman–Crippen MR) is 165 cm³/mol. The molecule has 2 saturated heterocycles. The number of hydrogen-bond donors (Lipinski definition) is 3. The molecule has 13 atom stereocenters. The van der Waals surface area contributed by atoms with Crippen molar-refractivity contribution in [2.45, 2.75) is 148 Å². The number of unbranched alkanes of at least 4 members (excludes halogenated alkanes) is 1. The van der Waals surface area contributed by atoms with E-state index in [1.165, 1.54) is 27.9 Å². The van der Waals surface area contributed by atoms with Crippen molar-refractivity contribution in [1.82, 2.24) is 4.90 Å². The van der Waals surface area contributed by atoms with Crippen molar-refractivity contribution in [1.29, 1.82) is 0 Å². The molecule has 2 rings (SSSR count). The van der Waals surface area contributed by atoms with E-state index in [1.807, 2.05) is 14.0 Å². The Labute approximate surface area is 263 Å². The third-order valence-electron chi connectivity index (χ3n) is 10.1. The number of esters is 1. The van der Waals surface area contributed by atoms with Crippen LogP contribution >= 0.6 is 0 Å². The molecule has 0 spiro atoms. The zero-order chi connectivity index (χ0) is 33.7. The lowest BCUT2D eigenvalue weighted by Gasteiger charge is -2.47. The summed E-state index contributed by atoms with van der Waals surface area (Å²) in [5.74, 6) is -5.53. The van der Waals surface area contributed by atoms with Crippen LogP contribution in [0.25, 0.3) is 0 Å². The van der Waals surface area contributed by atoms with E-state index in [9.17, 15) is 29.7 Å². The van der Waals surface area contributed by atoms with Gasteiger partial charge in [-0.3, -0.25) is 14.4 Å². The van der Waals surface area contributed by atoms with Gasteiger partial charge in [0.1, 0.15) is 29.5 Å². The number of Topliss-reactive ketones (excluding diaryl/α,β-unsaturated/α-hetero) is 2. The molecular weight excluding hydrogens is 570 g/mol. The molecule has 11 nitrogen and oxygen atoms in total. The maximum Gasteiger partial charge on any atom is 0.316 e. The van der Waals surface area contributed by atoms with Crippen molar-refractivity contribution < 1.29 is 48.7 Å². The Morgan fingerprint density at radius 3 is 2.16 bits per heavy atom. The summed E-state index contributed by atoms with van der Waals surface area (Å²) < 4.78 is 24.3. The topological polar surface area (TPSA) is 152 Å². The van der Waals surface area contributed by atoms with E-state index in [1.54, 1.807) is 27.7 Å². The highest BCUT2D eigenvalue weighted by atomic mass is 16.7. The highest BCUT2D eigenvalue weighted by molar-refractivity contribution is 6.00. The molecular formula is C33H59NO10. The fourth-order valence-electron chi connectivity index (χ4n) is 6.93. The molecule has 2 aliphatic rings. The molecule has 0 amide bonds. The van der Waals surface area contributed by atoms with Crippen molar-refractivity contribution in [2.75, 3.05) is 20.7 Å². The van der Waals surface area contributed by atoms with E-state index in [2.05, 4.69) is 11.8 Å². The largest absolute Gasteiger partial charge is 0.459 e. The second kappa shape index (κ2) is 15.9. The first kappa shape index (κ1) is 38.7. The monoisotopic (exact) mass is 629 g/mol. The molecule has 2 aliphatic heterocycles. The van der Waals surface area contributed by atoms with Crippen LogP contribution in [-0.2, 0) is 33.3 Å². The lowest BCUT2D eigenvalue weighted by Crippen LogP contribution is -2.60. The van der Waals surface area contributed by atoms with E-state index in [-0.39, 0.29) is 30.8 Å². The van der Waals surface area contributed by atoms with Gasteiger partial charge in [0, 0.05) is 30.9 Å². The number of carbonyl (C=O) groups excluding carboxylic acids is 3. The van der Waals surface area contributed by atoms with Crippen LogP contribution < -0.4 is 0 Å². The number of aliphatic hydroxyl groups is 3. The summed E-state index contributed by atoms with van der Waals surface area (Å²) in [4.78, 5) is 43.0. The third-order valence-corrected chi connectivity index (χ3v) is 10.1. The van der Waals surface area contributed by atoms with Gasteiger partial charge in [0.05, 0.1) is 23.9 Å². The lowest BCUT2D eigenvalue weighted by atomic mass is 9.74. The average molecular weight is 630 g/mol. The van der Waals surface area contributed by atoms with Crippen LogP contribution in [-0.4, -0.2) is 113 Å². The van der Waals surface area contributed by atoms with Gasteiger partial charge < -0.3 is 39.2 Å². The Bertz CT molecular complexity index is 974. The number of methoxy groups -OCH3 is 1. The second-order valence-electron chi connectivity index (χ2n) is 13.7. The second-order valence-corrected chi connectivity index (χ2v) is 13.7. The van der Waals surface area contributed by atoms with Crippen molar-refractivity contribution in [3.8, 4) is 0 Å². The first-order chi connectivity index (χ1) is 20.4. The number of cyclic esters (lactones) is 1. The summed E-state index contributed by atoms with van der Waals surface area (Å²) in [5, 5.41) is 33.9. The predicted octanol–water partition coefficient (Wildman–Crippen LogP) is 2.89. The Morgan fingerprint density at radius 1 is 1.00 bits per heavy atom. The Hall–Kier alpha value is -1.47. The smallest absolute Gasteiger partial charge is 0.316 e. The molecule has 44 heavy (non-hydrogen) atoms. The molecule has 0 saturated carbocycles. The van der Waals surface area contributed by atoms with Gasteiger partial charge in [-0.25, -0.2) is 0 Å². The normalized spacial score (nSPS) is 43.5. The maximum absolute atomic E-state index is 13.9. The molecule has 0 aliphatic carbocycles. The molecule has 2 fully saturated rings. The van der Waals surface area contributed by atoms with Crippen molar-refractivity contribution in [2.24, 2.45) is 23.7 Å². The Morgan fingerprint density at radius 2 is 1.61 bits per heavy atom. The molecule has 0 radical (unpaired) electrons. The van der Waals surface area contributed by atoms with Gasteiger partial charge in [-0.2, -0.15) is 0 Å². The summed E-state index contributed by atoms with van der Waals surface area (Å²) in [6, 6.07) is -0.246. The summed E-state index contributed by atoms with van der Waals surface area (Å²) in [6.45, 7) is 15.9. The van der Waals surface area contributed by atoms with Crippen LogP contribution in [0.5, 0.6) is 0 Å². The molecule has 0 aromatic heterocycles. The number of ether oxygens (including phenoxy) is 4. The van der Waals surface area contributed by atoms with Crippen molar-refractivity contribution in [3.63, 3.8) is 0 Å². The van der Waals surface area contributed by atoms with Crippen molar-refractivity contribution in [3.05, 3.63) is 0 Å². The van der Waals surface area contributed by atoms with Gasteiger partial charge >= 0.3 is 5.97 Å². The van der Waals surface area contributed by atoms with E-state index in [0.29, 0.717) is 6.42 Å². The number of likely N-dealkylation sites (N-methyl/N-ethyl adjacent to an activating group) is 1. The number of hydrogen-bond acceptors (Lipinski definition) is 11. The highest BCUT2D eigenvalue weighted by Gasteiger charge is 2.52. The summed E-state index contributed by atoms with van der Waals surface area (Å²) in [6.07, 6.45) is -3.29. The van der Waals surface area contributed by atoms with Gasteiger partial charge in [-0.15, -0.1) is 0 Å². The number of rotatable bonds is 8. The van der Waals surface area contributed by atoms with Crippen LogP contribution in [0.15, 0.2) is 0 Å². The number of carbonyl (C=O) groups is 3. The van der Waals surface area contributed by atoms with Crippen LogP contribution in [0.4, 0.5) is 0 Å². The quantitative estimate of drug-likeness (QED) is 0.268. The van der Waals surface area contributed by atoms with E-state index in [4.69, 9.17) is 18.9 Å². The maximum atomic E-state index is 13.9. The van der Waals surface area contributed by atoms with Gasteiger partial charge in [-0.05, 0) is 67.0 Å². The number of nitrogens with zero attached hydrogens (tertiary/aromatic N) is 1. The molecule has 0 bridgehead atoms. The van der Waals surface area contributed by atoms with Gasteiger partial charge in [0.2, 0.25) is 0 Å². The molecule has 0 aromatic rings. The first-order valence-corrected chi connectivity index (χ1v) is 16.3. The van der Waals surface area contributed by atoms with Gasteiger partial charge in [0.15, 0.2) is 12.1 Å². The standard InChI is InChI=1S/C33H59NO10/c1-12-14-15-34(10)23-16-19(4)42-31(27(23)37)44-29-21(6)26(36)22(7)30(39)43-24(13-2)33(9,40)28(38)20(5)25(35)18(3)17-32(29,8)41-11/h18-24,27-29,31,37-38,40H,12-17H2,1-11H3/t18-,19-,20+,21+,22-,23+,24-,27-,28-,29-,31+,32-,33-/m1/s1. The van der Waals surface area contributed by atoms with Crippen molar-refractivity contribution >= 4 is 17.5 Å². The Balaban J connectivity index is 2.58. The minimum absolute atomic E-state index is 0.0953. The van der Waals surface area contributed by atoms with E-state index in [0.717, 1.165) is 19.4 Å². The highest BCUT2D eigenvalue weighted by Crippen LogP contribution is 2.38. The molecule has 0 unspecified atom stereocenters. The fourth-order valence-corrected chi connectivity index (χ4v) is 6.93. The van der Waals surface area contributed by atoms with Crippen LogP contribution in [0.1, 0.15) is 94.4 Å². The number of aliphatic hydroxyl groups excluding tert-OH is 2. The summed E-state index contributed by atoms with van der Waals surface area (Å²) in [7, 11) is 3.42. The number of ketones is 2. The minimum Gasteiger partial charge on any atom is -0.459 e. The van der Waals surface area contributed by atoms with E-state index < -0.39 is 77.3 Å². The molecule has 0 aromatic carbocycles. The van der Waals surface area contributed by atoms with Gasteiger partial charge in [0.25, 0.3) is 0 Å². The molecule has 11 heteroatoms. The van der Waals surface area contributed by atoms with Crippen LogP contribution in [0.3, 0.4) is 0 Å². The zero-order valence-electron chi connectivity index (χ0n) is 28.7. The zero-order valence-corrected chi connectivity index (χ0v) is 28.7. The first-order valence-electron chi connectivity index (χ1n) is 16.3. The van der Waals surface area contributed by atoms with Crippen LogP contribution in [0, 0.1) is 23.7 Å². The fraction of sp³-hybridized carbons (Fsp3) is 0.909. The summed E-state index contributed by atoms with van der Waals surface area (Å²) in [5.41, 5.74) is -3.20. The Kier molecular flexibility index (Phi) is 14.0. The minimum atomic E-state index is -1.94. The van der Waals surface area contributed by atoms with Gasteiger partial charge in [-0.1, -0.05) is 41.0 Å². The third kappa shape index (κ3) is 8.46. The average Bonchev–Trinajstić information content (AvgIpc) is 2.99. The van der Waals surface area contributed by atoms with Crippen LogP contribution in [0.2, 0.25) is 0 Å². The molecule has 256 valence electrons. The summed E-state index contributed by atoms with van der Waals surface area (Å²) >= 11 is 0. The van der Waals surface area contributed by atoms with E-state index >= 15 is 0 Å². The molecule has 2 heterocycles. The lowest BCUT2D eigenvalue weighted by molar-refractivity contribution is -0.296.